The summed E-state index contributed by atoms with van der Waals surface area (Å²) in [5, 5.41) is 14.5. The molecule has 1 rings (SSSR count). The first-order valence-electron chi connectivity index (χ1n) is 5.00. The molecule has 0 bridgehead atoms. The van der Waals surface area contributed by atoms with E-state index >= 15 is 0 Å². The maximum absolute atomic E-state index is 11.8. The molecule has 0 saturated heterocycles. The predicted molar refractivity (Wildman–Crippen MR) is 59.8 cm³/mol. The molecule has 0 aromatic carbocycles. The van der Waals surface area contributed by atoms with Gasteiger partial charge in [0.05, 0.1) is 19.6 Å². The molecule has 0 unspecified atom stereocenters. The lowest BCUT2D eigenvalue weighted by molar-refractivity contribution is -0.128. The Bertz CT molecular complexity index is 461. The van der Waals surface area contributed by atoms with Crippen molar-refractivity contribution in [2.45, 2.75) is 12.7 Å². The quantitative estimate of drug-likeness (QED) is 0.715. The lowest BCUT2D eigenvalue weighted by Gasteiger charge is -2.07. The maximum Gasteiger partial charge on any atom is 0.401 e. The summed E-state index contributed by atoms with van der Waals surface area (Å²) in [4.78, 5) is 25.4. The third-order valence-corrected chi connectivity index (χ3v) is 2.67. The molecule has 1 heterocycles. The molecule has 1 aromatic rings. The molecule has 10 heteroatoms. The number of carboxylic acid groups (broad SMARTS) is 1. The Labute approximate surface area is 109 Å². The Balaban J connectivity index is 2.28. The smallest absolute Gasteiger partial charge is 0.401 e. The van der Waals surface area contributed by atoms with Gasteiger partial charge in [0.1, 0.15) is 5.01 Å². The van der Waals surface area contributed by atoms with Gasteiger partial charge in [0, 0.05) is 5.38 Å². The van der Waals surface area contributed by atoms with E-state index in [4.69, 9.17) is 5.11 Å². The van der Waals surface area contributed by atoms with Gasteiger partial charge in [0.25, 0.3) is 0 Å². The molecule has 1 aromatic heterocycles. The lowest BCUT2D eigenvalue weighted by atomic mass is 10.5. The maximum atomic E-state index is 11.8. The van der Waals surface area contributed by atoms with Crippen LogP contribution in [-0.2, 0) is 11.3 Å². The van der Waals surface area contributed by atoms with Gasteiger partial charge in [-0.05, 0) is 0 Å². The summed E-state index contributed by atoms with van der Waals surface area (Å²) in [7, 11) is 0. The van der Waals surface area contributed by atoms with Crippen molar-refractivity contribution in [3.05, 3.63) is 16.1 Å². The number of halogens is 3. The molecule has 0 radical (unpaired) electrons. The minimum Gasteiger partial charge on any atom is -0.476 e. The SMILES string of the molecule is O=C(CNCC(F)(F)F)NCc1nc(C(=O)O)cs1. The number of nitrogens with zero attached hydrogens (tertiary/aromatic N) is 1. The summed E-state index contributed by atoms with van der Waals surface area (Å²) in [6.07, 6.45) is -4.37. The van der Waals surface area contributed by atoms with E-state index in [1.54, 1.807) is 0 Å². The summed E-state index contributed by atoms with van der Waals surface area (Å²) >= 11 is 1.04. The highest BCUT2D eigenvalue weighted by Crippen LogP contribution is 2.12. The summed E-state index contributed by atoms with van der Waals surface area (Å²) < 4.78 is 35.3. The minimum atomic E-state index is -4.37. The number of carbonyl (C=O) groups is 2. The van der Waals surface area contributed by atoms with E-state index in [9.17, 15) is 22.8 Å². The van der Waals surface area contributed by atoms with Crippen molar-refractivity contribution in [2.75, 3.05) is 13.1 Å². The summed E-state index contributed by atoms with van der Waals surface area (Å²) in [6, 6.07) is 0. The highest BCUT2D eigenvalue weighted by atomic mass is 32.1. The van der Waals surface area contributed by atoms with E-state index in [0.29, 0.717) is 5.01 Å². The Morgan fingerprint density at radius 2 is 2.11 bits per heavy atom. The predicted octanol–water partition coefficient (Wildman–Crippen LogP) is 0.609. The van der Waals surface area contributed by atoms with Crippen molar-refractivity contribution in [1.82, 2.24) is 15.6 Å². The highest BCUT2D eigenvalue weighted by molar-refractivity contribution is 7.09. The number of thiazole rings is 1. The van der Waals surface area contributed by atoms with E-state index in [2.05, 4.69) is 10.3 Å². The Morgan fingerprint density at radius 1 is 1.42 bits per heavy atom. The van der Waals surface area contributed by atoms with Gasteiger partial charge in [-0.3, -0.25) is 4.79 Å². The number of amides is 1. The lowest BCUT2D eigenvalue weighted by Crippen LogP contribution is -2.38. The van der Waals surface area contributed by atoms with Gasteiger partial charge >= 0.3 is 12.1 Å². The van der Waals surface area contributed by atoms with Crippen LogP contribution in [-0.4, -0.2) is 41.2 Å². The molecular weight excluding hydrogens is 287 g/mol. The summed E-state index contributed by atoms with van der Waals surface area (Å²) in [5.41, 5.74) is -0.135. The van der Waals surface area contributed by atoms with Crippen LogP contribution in [0.4, 0.5) is 13.2 Å². The van der Waals surface area contributed by atoms with Crippen molar-refractivity contribution < 1.29 is 27.9 Å². The zero-order chi connectivity index (χ0) is 14.5. The topological polar surface area (TPSA) is 91.3 Å². The van der Waals surface area contributed by atoms with Crippen LogP contribution in [0.5, 0.6) is 0 Å². The second-order valence-corrected chi connectivity index (χ2v) is 4.37. The standard InChI is InChI=1S/C9H10F3N3O3S/c10-9(11,12)4-13-1-6(16)14-2-7-15-5(3-19-7)8(17)18/h3,13H,1-2,4H2,(H,14,16)(H,17,18). The molecule has 0 aliphatic heterocycles. The largest absolute Gasteiger partial charge is 0.476 e. The fourth-order valence-corrected chi connectivity index (χ4v) is 1.75. The van der Waals surface area contributed by atoms with Crippen LogP contribution in [0.3, 0.4) is 0 Å². The normalized spacial score (nSPS) is 11.3. The number of alkyl halides is 3. The Kier molecular flexibility index (Phi) is 5.24. The van der Waals surface area contributed by atoms with Crippen LogP contribution < -0.4 is 10.6 Å². The molecule has 0 aliphatic rings. The first-order valence-corrected chi connectivity index (χ1v) is 5.88. The van der Waals surface area contributed by atoms with Crippen LogP contribution in [0.1, 0.15) is 15.5 Å². The highest BCUT2D eigenvalue weighted by Gasteiger charge is 2.26. The number of carboxylic acids is 1. The fourth-order valence-electron chi connectivity index (χ4n) is 1.04. The number of hydrogen-bond acceptors (Lipinski definition) is 5. The fraction of sp³-hybridized carbons (Fsp3) is 0.444. The van der Waals surface area contributed by atoms with E-state index in [-0.39, 0.29) is 12.2 Å². The minimum absolute atomic E-state index is 0.0233. The van der Waals surface area contributed by atoms with Gasteiger partial charge in [0.2, 0.25) is 5.91 Å². The average Bonchev–Trinajstić information content (AvgIpc) is 2.73. The Hall–Kier alpha value is -1.68. The molecule has 0 fully saturated rings. The van der Waals surface area contributed by atoms with Crippen molar-refractivity contribution >= 4 is 23.2 Å². The number of nitrogens with one attached hydrogen (secondary N) is 2. The summed E-state index contributed by atoms with van der Waals surface area (Å²) in [5.74, 6) is -1.81. The third kappa shape index (κ3) is 6.15. The number of aromatic carboxylic acids is 1. The van der Waals surface area contributed by atoms with Gasteiger partial charge in [-0.2, -0.15) is 13.2 Å². The van der Waals surface area contributed by atoms with Crippen LogP contribution >= 0.6 is 11.3 Å². The van der Waals surface area contributed by atoms with E-state index in [0.717, 1.165) is 11.3 Å². The van der Waals surface area contributed by atoms with Crippen molar-refractivity contribution in [3.8, 4) is 0 Å². The zero-order valence-corrected chi connectivity index (χ0v) is 10.3. The molecule has 1 amide bonds. The second-order valence-electron chi connectivity index (χ2n) is 3.43. The van der Waals surface area contributed by atoms with Gasteiger partial charge in [-0.25, -0.2) is 9.78 Å². The zero-order valence-electron chi connectivity index (χ0n) is 9.45. The van der Waals surface area contributed by atoms with Crippen molar-refractivity contribution in [2.24, 2.45) is 0 Å². The molecule has 0 saturated carbocycles. The first kappa shape index (κ1) is 15.4. The van der Waals surface area contributed by atoms with Crippen LogP contribution in [0.2, 0.25) is 0 Å². The summed E-state index contributed by atoms with van der Waals surface area (Å²) in [6.45, 7) is -1.75. The molecular formula is C9H10F3N3O3S. The van der Waals surface area contributed by atoms with E-state index in [1.165, 1.54) is 5.38 Å². The average molecular weight is 297 g/mol. The monoisotopic (exact) mass is 297 g/mol. The van der Waals surface area contributed by atoms with Crippen LogP contribution in [0.25, 0.3) is 0 Å². The molecule has 0 spiro atoms. The van der Waals surface area contributed by atoms with Crippen LogP contribution in [0, 0.1) is 0 Å². The Morgan fingerprint density at radius 3 is 2.63 bits per heavy atom. The van der Waals surface area contributed by atoms with Crippen molar-refractivity contribution in [3.63, 3.8) is 0 Å². The van der Waals surface area contributed by atoms with Gasteiger partial charge in [-0.1, -0.05) is 0 Å². The molecule has 0 aliphatic carbocycles. The molecule has 0 atom stereocenters. The van der Waals surface area contributed by atoms with Gasteiger partial charge in [0.15, 0.2) is 5.69 Å². The molecule has 19 heavy (non-hydrogen) atoms. The van der Waals surface area contributed by atoms with Gasteiger partial charge < -0.3 is 15.7 Å². The van der Waals surface area contributed by atoms with Crippen molar-refractivity contribution in [1.29, 1.82) is 0 Å². The van der Waals surface area contributed by atoms with E-state index < -0.39 is 31.1 Å². The van der Waals surface area contributed by atoms with Gasteiger partial charge in [-0.15, -0.1) is 11.3 Å². The van der Waals surface area contributed by atoms with Crippen LogP contribution in [0.15, 0.2) is 5.38 Å². The first-order chi connectivity index (χ1) is 8.78. The molecule has 106 valence electrons. The third-order valence-electron chi connectivity index (χ3n) is 1.82. The number of aromatic nitrogens is 1. The second kappa shape index (κ2) is 6.48. The number of carbonyl (C=O) groups excluding carboxylic acids is 1. The number of rotatable bonds is 6. The number of hydrogen-bond donors (Lipinski definition) is 3. The van der Waals surface area contributed by atoms with E-state index in [1.807, 2.05) is 5.32 Å². The molecule has 6 nitrogen and oxygen atoms in total. The molecule has 3 N–H and O–H groups in total.